The molecule has 2 rings (SSSR count). The summed E-state index contributed by atoms with van der Waals surface area (Å²) in [5.74, 6) is 0. The van der Waals surface area contributed by atoms with E-state index in [4.69, 9.17) is 9.98 Å². The zero-order chi connectivity index (χ0) is 55.4. The van der Waals surface area contributed by atoms with E-state index in [2.05, 4.69) is 99.8 Å². The van der Waals surface area contributed by atoms with Crippen molar-refractivity contribution in [3.63, 3.8) is 0 Å². The molecule has 0 unspecified atom stereocenters. The molecule has 0 N–H and O–H groups in total. The van der Waals surface area contributed by atoms with Gasteiger partial charge < -0.3 is 0 Å². The summed E-state index contributed by atoms with van der Waals surface area (Å²) in [4.78, 5) is 10.3. The van der Waals surface area contributed by atoms with Crippen molar-refractivity contribution < 1.29 is 16.5 Å². The minimum absolute atomic E-state index is 0. The van der Waals surface area contributed by atoms with Crippen molar-refractivity contribution in [3.05, 3.63) is 84.0 Å². The van der Waals surface area contributed by atoms with E-state index in [1.54, 1.807) is 0 Å². The monoisotopic (exact) mass is 1130 g/mol. The van der Waals surface area contributed by atoms with Crippen LogP contribution in [0.2, 0.25) is 0 Å². The number of hydrogen-bond donors (Lipinski definition) is 0. The van der Waals surface area contributed by atoms with Gasteiger partial charge in [-0.25, -0.2) is 0 Å². The number of aliphatic imine (C=N–C) groups is 2. The molecule has 0 heterocycles. The minimum atomic E-state index is 0. The van der Waals surface area contributed by atoms with Crippen LogP contribution in [-0.4, -0.2) is 11.9 Å². The molecule has 2 aromatic carbocycles. The summed E-state index contributed by atoms with van der Waals surface area (Å²) in [6.45, 7) is 6.89. The van der Waals surface area contributed by atoms with E-state index in [-0.39, 0.29) is 16.5 Å². The summed E-state index contributed by atoms with van der Waals surface area (Å²) >= 11 is 0. The number of para-hydroxylation sites is 2. The number of hydrogen-bond acceptors (Lipinski definition) is 2. The number of allylic oxidation sites excluding steroid dienone is 4. The first-order chi connectivity index (χ1) is 38.8. The molecule has 0 aromatic heterocycles. The van der Waals surface area contributed by atoms with Gasteiger partial charge in [-0.1, -0.05) is 370 Å². The summed E-state index contributed by atoms with van der Waals surface area (Å²) in [7, 11) is 0. The van der Waals surface area contributed by atoms with E-state index in [0.29, 0.717) is 0 Å². The average Bonchev–Trinajstić information content (AvgIpc) is 3.46. The van der Waals surface area contributed by atoms with E-state index < -0.39 is 0 Å². The van der Waals surface area contributed by atoms with E-state index in [0.717, 1.165) is 62.0 Å². The van der Waals surface area contributed by atoms with Crippen molar-refractivity contribution in [2.24, 2.45) is 9.98 Å². The van der Waals surface area contributed by atoms with Gasteiger partial charge in [-0.15, -0.1) is 0 Å². The molecule has 456 valence electrons. The summed E-state index contributed by atoms with van der Waals surface area (Å²) in [5, 5.41) is 0. The Kier molecular flexibility index (Phi) is 58.5. The molecule has 0 atom stereocenters. The Morgan fingerprint density at radius 3 is 0.861 bits per heavy atom. The van der Waals surface area contributed by atoms with Crippen LogP contribution in [0.4, 0.5) is 11.4 Å². The molecule has 0 aliphatic rings. The van der Waals surface area contributed by atoms with Crippen molar-refractivity contribution in [1.29, 1.82) is 0 Å². The third-order valence-corrected chi connectivity index (χ3v) is 16.8. The third kappa shape index (κ3) is 50.0. The molecule has 0 radical (unpaired) electrons. The molecular weight excluding hydrogens is 1000 g/mol. The fourth-order valence-corrected chi connectivity index (χ4v) is 11.5. The van der Waals surface area contributed by atoms with Crippen LogP contribution in [-0.2, 0) is 29.3 Å². The maximum atomic E-state index is 5.26. The zero-order valence-electron chi connectivity index (χ0n) is 53.1. The van der Waals surface area contributed by atoms with Crippen LogP contribution in [0.15, 0.2) is 82.8 Å². The van der Waals surface area contributed by atoms with Gasteiger partial charge in [0.25, 0.3) is 0 Å². The Balaban J connectivity index is 0.0000312. The Bertz CT molecular complexity index is 1650. The van der Waals surface area contributed by atoms with Gasteiger partial charge in [0.1, 0.15) is 0 Å². The molecule has 0 spiro atoms. The van der Waals surface area contributed by atoms with Crippen LogP contribution in [0.3, 0.4) is 0 Å². The number of aryl methyl sites for hydroxylation is 2. The normalized spacial score (nSPS) is 12.1. The fraction of sp³-hybridized carbons (Fsp3) is 0.763. The van der Waals surface area contributed by atoms with Gasteiger partial charge in [-0.2, -0.15) is 0 Å². The predicted molar refractivity (Wildman–Crippen MR) is 356 cm³/mol. The van der Waals surface area contributed by atoms with E-state index >= 15 is 0 Å². The number of nitrogens with zero attached hydrogens (tertiary/aromatic N) is 2. The van der Waals surface area contributed by atoms with Gasteiger partial charge in [0.05, 0.1) is 17.1 Å². The van der Waals surface area contributed by atoms with Crippen LogP contribution in [0, 0.1) is 0 Å². The molecule has 79 heavy (non-hydrogen) atoms. The number of unbranched alkanes of at least 4 members (excludes halogenated alkanes) is 47. The smallest absolute Gasteiger partial charge is 0.0665 e. The first-order valence-electron chi connectivity index (χ1n) is 35.4. The second-order valence-corrected chi connectivity index (χ2v) is 24.4. The average molecular weight is 1130 g/mol. The summed E-state index contributed by atoms with van der Waals surface area (Å²) in [5.41, 5.74) is 5.95. The van der Waals surface area contributed by atoms with Crippen LogP contribution in [0.5, 0.6) is 0 Å². The Morgan fingerprint density at radius 1 is 0.291 bits per heavy atom. The van der Waals surface area contributed by atoms with Crippen molar-refractivity contribution in [1.82, 2.24) is 0 Å². The van der Waals surface area contributed by atoms with Crippen LogP contribution in [0.25, 0.3) is 0 Å². The Morgan fingerprint density at radius 2 is 0.544 bits per heavy atom. The third-order valence-electron chi connectivity index (χ3n) is 16.8. The molecular formula is C76H132N2Ni. The molecule has 0 fully saturated rings. The molecule has 0 aliphatic heterocycles. The van der Waals surface area contributed by atoms with Crippen molar-refractivity contribution in [2.45, 2.75) is 374 Å². The van der Waals surface area contributed by atoms with Crippen molar-refractivity contribution >= 4 is 23.3 Å². The van der Waals surface area contributed by atoms with E-state index in [1.165, 1.54) is 319 Å². The van der Waals surface area contributed by atoms with Crippen molar-refractivity contribution in [2.75, 3.05) is 0 Å². The topological polar surface area (TPSA) is 24.7 Å². The maximum absolute atomic E-state index is 5.26. The molecule has 2 nitrogen and oxygen atoms in total. The van der Waals surface area contributed by atoms with E-state index in [1.807, 2.05) is 0 Å². The molecule has 0 amide bonds. The summed E-state index contributed by atoms with van der Waals surface area (Å²) < 4.78 is 0. The predicted octanol–water partition coefficient (Wildman–Crippen LogP) is 27.1. The maximum Gasteiger partial charge on any atom is 0.0665 e. The molecule has 0 saturated heterocycles. The standard InChI is InChI=1S/C76H132N2.Ni/c1-4-7-10-12-14-16-18-20-22-24-26-28-30-32-34-36-38-40-42-44-46-48-50-52-54-56-58-64-72-66-60-62-69-75(72)77-71-74(68-9-6-3)78-76-70-63-61-67-73(76)65-59-57-55-53-51-49-47-45-43-41-39-37-35-33-31-29-27-25-23-21-19-17-15-13-11-8-5-2;/h54-57,60-63,66-67,69-71H,4-53,58-59,64-65,68H2,1-3H3;. The Hall–Kier alpha value is -2.25. The van der Waals surface area contributed by atoms with Gasteiger partial charge >= 0.3 is 0 Å². The SMILES string of the molecule is CCCCCCCCCCCCCCCCCCCCCCCCCC=CCCc1ccccc1N=CC(CCCC)=Nc1ccccc1CCC=CCCCCCCCCCCCCCCCCCCCCCCCCC.[Ni]. The van der Waals surface area contributed by atoms with Crippen LogP contribution < -0.4 is 0 Å². The van der Waals surface area contributed by atoms with E-state index in [9.17, 15) is 0 Å². The van der Waals surface area contributed by atoms with Gasteiger partial charge in [-0.3, -0.25) is 9.98 Å². The zero-order valence-corrected chi connectivity index (χ0v) is 54.1. The Labute approximate surface area is 504 Å². The number of benzene rings is 2. The van der Waals surface area contributed by atoms with Gasteiger partial charge in [0.2, 0.25) is 0 Å². The number of rotatable bonds is 60. The molecule has 2 aromatic rings. The van der Waals surface area contributed by atoms with Crippen LogP contribution in [0.1, 0.15) is 372 Å². The van der Waals surface area contributed by atoms with Crippen LogP contribution >= 0.6 is 0 Å². The molecule has 0 bridgehead atoms. The summed E-state index contributed by atoms with van der Waals surface area (Å²) in [6, 6.07) is 17.5. The van der Waals surface area contributed by atoms with Gasteiger partial charge in [0, 0.05) is 22.7 Å². The van der Waals surface area contributed by atoms with Gasteiger partial charge in [-0.05, 0) is 87.5 Å². The largest absolute Gasteiger partial charge is 0.255 e. The van der Waals surface area contributed by atoms with Gasteiger partial charge in [0.15, 0.2) is 0 Å². The quantitative estimate of drug-likeness (QED) is 0.0273. The molecule has 0 aliphatic carbocycles. The first kappa shape index (κ1) is 74.8. The van der Waals surface area contributed by atoms with Crippen molar-refractivity contribution in [3.8, 4) is 0 Å². The summed E-state index contributed by atoms with van der Waals surface area (Å²) in [6.07, 6.45) is 88.1. The second kappa shape index (κ2) is 61.8. The minimum Gasteiger partial charge on any atom is -0.255 e. The first-order valence-corrected chi connectivity index (χ1v) is 35.4. The molecule has 0 saturated carbocycles. The molecule has 3 heteroatoms. The second-order valence-electron chi connectivity index (χ2n) is 24.4. The fourth-order valence-electron chi connectivity index (χ4n) is 11.5.